The fourth-order valence-electron chi connectivity index (χ4n) is 2.18. The van der Waals surface area contributed by atoms with E-state index in [0.717, 1.165) is 5.75 Å². The van der Waals surface area contributed by atoms with Gasteiger partial charge in [-0.25, -0.2) is 8.78 Å². The van der Waals surface area contributed by atoms with Gasteiger partial charge in [-0.3, -0.25) is 4.79 Å². The van der Waals surface area contributed by atoms with Crippen molar-refractivity contribution in [1.82, 2.24) is 5.32 Å². The van der Waals surface area contributed by atoms with Gasteiger partial charge in [0.25, 0.3) is 0 Å². The van der Waals surface area contributed by atoms with Crippen molar-refractivity contribution in [2.45, 2.75) is 44.1 Å². The van der Waals surface area contributed by atoms with Gasteiger partial charge in [-0.15, -0.1) is 0 Å². The normalized spacial score (nSPS) is 21.6. The molecule has 0 radical (unpaired) electrons. The lowest BCUT2D eigenvalue weighted by Crippen LogP contribution is -2.42. The summed E-state index contributed by atoms with van der Waals surface area (Å²) in [6.45, 7) is 0.0221. The molecule has 0 heterocycles. The molecule has 1 atom stereocenters. The Morgan fingerprint density at radius 1 is 1.50 bits per heavy atom. The quantitative estimate of drug-likeness (QED) is 0.783. The Kier molecular flexibility index (Phi) is 6.35. The number of aliphatic hydroxyl groups excluding tert-OH is 1. The molecular weight excluding hydrogens is 260 g/mol. The van der Waals surface area contributed by atoms with E-state index in [1.807, 2.05) is 6.26 Å². The minimum atomic E-state index is -2.60. The van der Waals surface area contributed by atoms with Crippen LogP contribution in [0.25, 0.3) is 0 Å². The van der Waals surface area contributed by atoms with Crippen molar-refractivity contribution < 1.29 is 18.7 Å². The molecule has 1 fully saturated rings. The molecule has 1 unspecified atom stereocenters. The van der Waals surface area contributed by atoms with Crippen LogP contribution in [-0.2, 0) is 4.79 Å². The smallest absolute Gasteiger partial charge is 0.248 e. The molecule has 2 N–H and O–H groups in total. The van der Waals surface area contributed by atoms with Crippen LogP contribution in [0.3, 0.4) is 0 Å². The first-order valence-electron chi connectivity index (χ1n) is 6.26. The van der Waals surface area contributed by atoms with Crippen molar-refractivity contribution in [3.8, 4) is 0 Å². The predicted molar refractivity (Wildman–Crippen MR) is 68.9 cm³/mol. The summed E-state index contributed by atoms with van der Waals surface area (Å²) in [5.41, 5.74) is 0. The predicted octanol–water partition coefficient (Wildman–Crippen LogP) is 2.04. The summed E-state index contributed by atoms with van der Waals surface area (Å²) in [4.78, 5) is 11.9. The van der Waals surface area contributed by atoms with Gasteiger partial charge >= 0.3 is 0 Å². The Labute approximate surface area is 111 Å². The molecule has 1 rings (SSSR count). The molecule has 18 heavy (non-hydrogen) atoms. The van der Waals surface area contributed by atoms with Gasteiger partial charge in [0.05, 0.1) is 0 Å². The SMILES string of the molecule is CSCC(CCO)NC(=O)C1CCC(F)(F)CC1. The van der Waals surface area contributed by atoms with Gasteiger partial charge in [0.2, 0.25) is 11.8 Å². The third kappa shape index (κ3) is 5.10. The van der Waals surface area contributed by atoms with Gasteiger partial charge in [0.15, 0.2) is 0 Å². The zero-order valence-corrected chi connectivity index (χ0v) is 11.4. The number of hydrogen-bond acceptors (Lipinski definition) is 3. The molecule has 0 aromatic carbocycles. The van der Waals surface area contributed by atoms with Gasteiger partial charge in [-0.1, -0.05) is 0 Å². The van der Waals surface area contributed by atoms with Crippen LogP contribution in [0.1, 0.15) is 32.1 Å². The topological polar surface area (TPSA) is 49.3 Å². The molecule has 0 aromatic rings. The molecular formula is C12H21F2NO2S. The molecule has 106 valence electrons. The van der Waals surface area contributed by atoms with Crippen molar-refractivity contribution in [3.63, 3.8) is 0 Å². The first-order valence-corrected chi connectivity index (χ1v) is 7.66. The van der Waals surface area contributed by atoms with E-state index in [1.54, 1.807) is 11.8 Å². The summed E-state index contributed by atoms with van der Waals surface area (Å²) in [6, 6.07) is -0.0695. The molecule has 0 spiro atoms. The number of carbonyl (C=O) groups is 1. The first kappa shape index (κ1) is 15.7. The van der Waals surface area contributed by atoms with Gasteiger partial charge in [0.1, 0.15) is 0 Å². The van der Waals surface area contributed by atoms with Gasteiger partial charge < -0.3 is 10.4 Å². The second kappa shape index (κ2) is 7.28. The number of halogens is 2. The minimum Gasteiger partial charge on any atom is -0.396 e. The summed E-state index contributed by atoms with van der Waals surface area (Å²) < 4.78 is 26.0. The van der Waals surface area contributed by atoms with Crippen LogP contribution < -0.4 is 5.32 Å². The molecule has 1 amide bonds. The number of alkyl halides is 2. The molecule has 1 saturated carbocycles. The lowest BCUT2D eigenvalue weighted by atomic mass is 9.86. The molecule has 0 saturated heterocycles. The number of thioether (sulfide) groups is 1. The summed E-state index contributed by atoms with van der Waals surface area (Å²) in [5.74, 6) is -2.30. The Morgan fingerprint density at radius 2 is 2.11 bits per heavy atom. The van der Waals surface area contributed by atoms with E-state index in [4.69, 9.17) is 5.11 Å². The fraction of sp³-hybridized carbons (Fsp3) is 0.917. The molecule has 3 nitrogen and oxygen atoms in total. The molecule has 0 aromatic heterocycles. The van der Waals surface area contributed by atoms with Crippen molar-refractivity contribution in [2.24, 2.45) is 5.92 Å². The maximum absolute atomic E-state index is 13.0. The van der Waals surface area contributed by atoms with E-state index in [9.17, 15) is 13.6 Å². The van der Waals surface area contributed by atoms with Crippen LogP contribution in [0.15, 0.2) is 0 Å². The van der Waals surface area contributed by atoms with Crippen molar-refractivity contribution in [3.05, 3.63) is 0 Å². The highest BCUT2D eigenvalue weighted by molar-refractivity contribution is 7.98. The number of nitrogens with one attached hydrogen (secondary N) is 1. The third-order valence-corrected chi connectivity index (χ3v) is 4.02. The second-order valence-corrected chi connectivity index (χ2v) is 5.71. The van der Waals surface area contributed by atoms with Crippen LogP contribution in [0.2, 0.25) is 0 Å². The largest absolute Gasteiger partial charge is 0.396 e. The Morgan fingerprint density at radius 3 is 2.61 bits per heavy atom. The third-order valence-electron chi connectivity index (χ3n) is 3.28. The number of amides is 1. The standard InChI is InChI=1S/C12H21F2NO2S/c1-18-8-10(4-7-16)15-11(17)9-2-5-12(13,14)6-3-9/h9-10,16H,2-8H2,1H3,(H,15,17). The molecule has 0 aliphatic heterocycles. The lowest BCUT2D eigenvalue weighted by molar-refractivity contribution is -0.129. The Balaban J connectivity index is 2.39. The van der Waals surface area contributed by atoms with Crippen molar-refractivity contribution in [2.75, 3.05) is 18.6 Å². The van der Waals surface area contributed by atoms with Crippen LogP contribution in [0.4, 0.5) is 8.78 Å². The molecule has 1 aliphatic rings. The van der Waals surface area contributed by atoms with Crippen LogP contribution in [0, 0.1) is 5.92 Å². The number of aliphatic hydroxyl groups is 1. The highest BCUT2D eigenvalue weighted by Crippen LogP contribution is 2.36. The summed E-state index contributed by atoms with van der Waals surface area (Å²) in [6.07, 6.45) is 2.55. The van der Waals surface area contributed by atoms with E-state index < -0.39 is 5.92 Å². The van der Waals surface area contributed by atoms with Gasteiger partial charge in [-0.05, 0) is 25.5 Å². The molecule has 6 heteroatoms. The second-order valence-electron chi connectivity index (χ2n) is 4.80. The Hall–Kier alpha value is -0.360. The number of rotatable bonds is 6. The lowest BCUT2D eigenvalue weighted by Gasteiger charge is -2.28. The first-order chi connectivity index (χ1) is 8.48. The highest BCUT2D eigenvalue weighted by atomic mass is 32.2. The van der Waals surface area contributed by atoms with Crippen LogP contribution >= 0.6 is 11.8 Å². The molecule has 0 bridgehead atoms. The zero-order valence-electron chi connectivity index (χ0n) is 10.6. The van der Waals surface area contributed by atoms with E-state index in [-0.39, 0.29) is 50.2 Å². The van der Waals surface area contributed by atoms with Crippen LogP contribution in [0.5, 0.6) is 0 Å². The summed E-state index contributed by atoms with van der Waals surface area (Å²) in [5, 5.41) is 11.7. The van der Waals surface area contributed by atoms with E-state index in [2.05, 4.69) is 5.32 Å². The van der Waals surface area contributed by atoms with E-state index >= 15 is 0 Å². The van der Waals surface area contributed by atoms with E-state index in [0.29, 0.717) is 6.42 Å². The van der Waals surface area contributed by atoms with Crippen molar-refractivity contribution in [1.29, 1.82) is 0 Å². The number of carbonyl (C=O) groups excluding carboxylic acids is 1. The maximum Gasteiger partial charge on any atom is 0.248 e. The summed E-state index contributed by atoms with van der Waals surface area (Å²) in [7, 11) is 0. The van der Waals surface area contributed by atoms with E-state index in [1.165, 1.54) is 0 Å². The number of hydrogen-bond donors (Lipinski definition) is 2. The van der Waals surface area contributed by atoms with Gasteiger partial charge in [-0.2, -0.15) is 11.8 Å². The van der Waals surface area contributed by atoms with Crippen LogP contribution in [-0.4, -0.2) is 41.6 Å². The Bertz CT molecular complexity index is 261. The molecule has 1 aliphatic carbocycles. The summed E-state index contributed by atoms with van der Waals surface area (Å²) >= 11 is 1.59. The maximum atomic E-state index is 13.0. The zero-order chi connectivity index (χ0) is 13.6. The van der Waals surface area contributed by atoms with Gasteiger partial charge in [0, 0.05) is 37.2 Å². The monoisotopic (exact) mass is 281 g/mol. The minimum absolute atomic E-state index is 0.0221. The van der Waals surface area contributed by atoms with Crippen molar-refractivity contribution >= 4 is 17.7 Å². The highest BCUT2D eigenvalue weighted by Gasteiger charge is 2.37. The average molecular weight is 281 g/mol. The fourth-order valence-corrected chi connectivity index (χ4v) is 2.83. The average Bonchev–Trinajstić information content (AvgIpc) is 2.29.